The number of aromatic nitrogens is 2. The quantitative estimate of drug-likeness (QED) is 0.188. The van der Waals surface area contributed by atoms with Gasteiger partial charge in [-0.15, -0.1) is 0 Å². The van der Waals surface area contributed by atoms with Gasteiger partial charge in [0.1, 0.15) is 11.2 Å². The van der Waals surface area contributed by atoms with Gasteiger partial charge in [0.15, 0.2) is 0 Å². The molecule has 7 aromatic carbocycles. The molecule has 5 heteroatoms. The van der Waals surface area contributed by atoms with Crippen molar-refractivity contribution in [3.05, 3.63) is 181 Å². The fourth-order valence-corrected chi connectivity index (χ4v) is 8.32. The van der Waals surface area contributed by atoms with Gasteiger partial charge in [0.25, 0.3) is 0 Å². The number of aliphatic imine (C=N–C) groups is 1. The third-order valence-electron chi connectivity index (χ3n) is 10.8. The molecule has 10 aromatic rings. The predicted molar refractivity (Wildman–Crippen MR) is 215 cm³/mol. The lowest BCUT2D eigenvalue weighted by atomic mass is 10.0. The van der Waals surface area contributed by atoms with E-state index in [4.69, 9.17) is 9.41 Å². The van der Waals surface area contributed by atoms with Gasteiger partial charge in [-0.05, 0) is 60.2 Å². The van der Waals surface area contributed by atoms with Crippen molar-refractivity contribution in [2.75, 3.05) is 7.05 Å². The minimum absolute atomic E-state index is 0.00937. The van der Waals surface area contributed by atoms with E-state index in [1.165, 1.54) is 21.7 Å². The molecule has 3 aromatic heterocycles. The molecule has 246 valence electrons. The van der Waals surface area contributed by atoms with Gasteiger partial charge in [-0.25, -0.2) is 4.99 Å². The summed E-state index contributed by atoms with van der Waals surface area (Å²) in [4.78, 5) is 7.77. The van der Waals surface area contributed by atoms with Crippen molar-refractivity contribution in [3.8, 4) is 5.69 Å². The van der Waals surface area contributed by atoms with Gasteiger partial charge in [-0.2, -0.15) is 0 Å². The van der Waals surface area contributed by atoms with Crippen LogP contribution in [0, 0.1) is 0 Å². The van der Waals surface area contributed by atoms with E-state index in [1.807, 2.05) is 12.1 Å². The Morgan fingerprint density at radius 1 is 0.481 bits per heavy atom. The molecule has 1 aliphatic heterocycles. The highest BCUT2D eigenvalue weighted by atomic mass is 16.3. The standard InChI is InChI=1S/C47H32N4O/c1-49-41(31-17-7-3-8-18-31)28-39(30-15-5-2-6-16-30)48-47(49)51-40-23-13-11-21-33(40)35-25-36-37-27-46-38(34-22-12-14-24-45(34)52-46)26-42(37)50(43(36)29-44(35)51)32-19-9-4-10-20-32/h2-29,41H,1H3. The van der Waals surface area contributed by atoms with Crippen LogP contribution >= 0.6 is 0 Å². The van der Waals surface area contributed by atoms with E-state index in [-0.39, 0.29) is 6.04 Å². The van der Waals surface area contributed by atoms with Gasteiger partial charge in [-0.3, -0.25) is 4.57 Å². The smallest absolute Gasteiger partial charge is 0.211 e. The molecule has 0 aliphatic carbocycles. The van der Waals surface area contributed by atoms with E-state index in [2.05, 4.69) is 179 Å². The molecular formula is C47H32N4O. The van der Waals surface area contributed by atoms with Crippen LogP contribution in [0.1, 0.15) is 17.2 Å². The van der Waals surface area contributed by atoms with Gasteiger partial charge in [0, 0.05) is 50.6 Å². The molecule has 5 nitrogen and oxygen atoms in total. The Labute approximate surface area is 299 Å². The summed E-state index contributed by atoms with van der Waals surface area (Å²) in [6, 6.07) is 58.2. The van der Waals surface area contributed by atoms with E-state index >= 15 is 0 Å². The van der Waals surface area contributed by atoms with Crippen molar-refractivity contribution in [2.45, 2.75) is 6.04 Å². The Morgan fingerprint density at radius 2 is 1.10 bits per heavy atom. The summed E-state index contributed by atoms with van der Waals surface area (Å²) in [5.74, 6) is 0.882. The fraction of sp³-hybridized carbons (Fsp3) is 0.0426. The van der Waals surface area contributed by atoms with Crippen LogP contribution in [0.25, 0.3) is 76.9 Å². The van der Waals surface area contributed by atoms with E-state index in [9.17, 15) is 0 Å². The number of rotatable bonds is 3. The van der Waals surface area contributed by atoms with Crippen molar-refractivity contribution in [2.24, 2.45) is 4.99 Å². The van der Waals surface area contributed by atoms with Crippen LogP contribution in [-0.2, 0) is 0 Å². The van der Waals surface area contributed by atoms with Crippen LogP contribution in [0.4, 0.5) is 0 Å². The summed E-state index contributed by atoms with van der Waals surface area (Å²) in [5, 5.41) is 6.96. The summed E-state index contributed by atoms with van der Waals surface area (Å²) >= 11 is 0. The minimum Gasteiger partial charge on any atom is -0.456 e. The van der Waals surface area contributed by atoms with Crippen molar-refractivity contribution >= 4 is 77.2 Å². The highest BCUT2D eigenvalue weighted by Crippen LogP contribution is 2.42. The first-order valence-electron chi connectivity index (χ1n) is 17.7. The van der Waals surface area contributed by atoms with Crippen molar-refractivity contribution in [1.29, 1.82) is 0 Å². The molecule has 0 spiro atoms. The zero-order chi connectivity index (χ0) is 34.3. The molecule has 0 fully saturated rings. The van der Waals surface area contributed by atoms with Gasteiger partial charge in [0.05, 0.1) is 33.8 Å². The third-order valence-corrected chi connectivity index (χ3v) is 10.8. The summed E-state index contributed by atoms with van der Waals surface area (Å²) in [7, 11) is 2.16. The second-order valence-electron chi connectivity index (χ2n) is 13.7. The number of fused-ring (bicyclic) bond motifs is 9. The Morgan fingerprint density at radius 3 is 1.90 bits per heavy atom. The van der Waals surface area contributed by atoms with Crippen molar-refractivity contribution in [1.82, 2.24) is 14.0 Å². The van der Waals surface area contributed by atoms with E-state index in [0.29, 0.717) is 0 Å². The first kappa shape index (κ1) is 28.9. The zero-order valence-electron chi connectivity index (χ0n) is 28.4. The molecule has 11 rings (SSSR count). The Hall–Kier alpha value is -6.85. The molecule has 4 heterocycles. The molecule has 0 saturated heterocycles. The highest BCUT2D eigenvalue weighted by Gasteiger charge is 2.29. The highest BCUT2D eigenvalue weighted by molar-refractivity contribution is 6.23. The molecule has 0 saturated carbocycles. The van der Waals surface area contributed by atoms with E-state index in [1.54, 1.807) is 0 Å². The maximum Gasteiger partial charge on any atom is 0.211 e. The second-order valence-corrected chi connectivity index (χ2v) is 13.7. The normalized spacial score (nSPS) is 15.0. The van der Waals surface area contributed by atoms with E-state index in [0.717, 1.165) is 72.3 Å². The largest absolute Gasteiger partial charge is 0.456 e. The maximum atomic E-state index is 6.43. The third kappa shape index (κ3) is 4.20. The number of nitrogens with zero attached hydrogens (tertiary/aromatic N) is 4. The minimum atomic E-state index is -0.00937. The predicted octanol–water partition coefficient (Wildman–Crippen LogP) is 11.7. The van der Waals surface area contributed by atoms with Crippen LogP contribution in [0.15, 0.2) is 179 Å². The maximum absolute atomic E-state index is 6.43. The average molecular weight is 669 g/mol. The van der Waals surface area contributed by atoms with Gasteiger partial charge in [0.2, 0.25) is 5.96 Å². The SMILES string of the molecule is CN1C(n2c3ccccc3c3cc4c5cc6oc7ccccc7c6cc5n(-c5ccccc5)c4cc32)=NC(c2ccccc2)=CC1c1ccccc1. The first-order valence-corrected chi connectivity index (χ1v) is 17.7. The van der Waals surface area contributed by atoms with Gasteiger partial charge >= 0.3 is 0 Å². The van der Waals surface area contributed by atoms with Gasteiger partial charge < -0.3 is 13.9 Å². The lowest BCUT2D eigenvalue weighted by molar-refractivity contribution is 0.422. The Balaban J connectivity index is 1.24. The summed E-state index contributed by atoms with van der Waals surface area (Å²) in [5.41, 5.74) is 10.7. The Kier molecular flexibility index (Phi) is 6.16. The monoisotopic (exact) mass is 668 g/mol. The number of para-hydroxylation sites is 3. The van der Waals surface area contributed by atoms with Crippen molar-refractivity contribution < 1.29 is 4.42 Å². The molecule has 1 aliphatic rings. The lowest BCUT2D eigenvalue weighted by Crippen LogP contribution is -2.37. The number of benzene rings is 7. The first-order chi connectivity index (χ1) is 25.7. The topological polar surface area (TPSA) is 38.6 Å². The molecule has 1 atom stereocenters. The summed E-state index contributed by atoms with van der Waals surface area (Å²) in [6.07, 6.45) is 2.28. The van der Waals surface area contributed by atoms with Crippen LogP contribution in [0.2, 0.25) is 0 Å². The van der Waals surface area contributed by atoms with Crippen LogP contribution in [-0.4, -0.2) is 27.0 Å². The van der Waals surface area contributed by atoms with Crippen LogP contribution in [0.3, 0.4) is 0 Å². The van der Waals surface area contributed by atoms with Crippen molar-refractivity contribution in [3.63, 3.8) is 0 Å². The van der Waals surface area contributed by atoms with E-state index < -0.39 is 0 Å². The lowest BCUT2D eigenvalue weighted by Gasteiger charge is -2.34. The average Bonchev–Trinajstić information content (AvgIpc) is 3.84. The number of furan rings is 1. The molecule has 0 radical (unpaired) electrons. The molecule has 0 bridgehead atoms. The molecular weight excluding hydrogens is 637 g/mol. The summed E-state index contributed by atoms with van der Waals surface area (Å²) in [6.45, 7) is 0. The van der Waals surface area contributed by atoms with Crippen LogP contribution in [0.5, 0.6) is 0 Å². The Bertz CT molecular complexity index is 3070. The molecule has 0 amide bonds. The zero-order valence-corrected chi connectivity index (χ0v) is 28.4. The second kappa shape index (κ2) is 11.1. The van der Waals surface area contributed by atoms with Gasteiger partial charge in [-0.1, -0.05) is 115 Å². The molecule has 1 unspecified atom stereocenters. The number of hydrogen-bond acceptors (Lipinski definition) is 3. The number of likely N-dealkylation sites (N-methyl/N-ethyl adjacent to an activating group) is 1. The fourth-order valence-electron chi connectivity index (χ4n) is 8.32. The van der Waals surface area contributed by atoms with Crippen LogP contribution < -0.4 is 0 Å². The number of hydrogen-bond donors (Lipinski definition) is 0. The molecule has 0 N–H and O–H groups in total. The molecule has 52 heavy (non-hydrogen) atoms. The summed E-state index contributed by atoms with van der Waals surface area (Å²) < 4.78 is 11.2.